The molecule has 1 atom stereocenters. The average Bonchev–Trinajstić information content (AvgIpc) is 2.13. The normalized spacial score (nSPS) is 32.2. The first-order valence-corrected chi connectivity index (χ1v) is 3.86. The van der Waals surface area contributed by atoms with Gasteiger partial charge in [-0.05, 0) is 6.42 Å². The summed E-state index contributed by atoms with van der Waals surface area (Å²) in [6.07, 6.45) is 0.782. The van der Waals surface area contributed by atoms with Crippen molar-refractivity contribution in [3.05, 3.63) is 0 Å². The van der Waals surface area contributed by atoms with Crippen LogP contribution in [0.25, 0.3) is 0 Å². The summed E-state index contributed by atoms with van der Waals surface area (Å²) in [7, 11) is -1.19. The molecule has 0 spiro atoms. The zero-order valence-electron chi connectivity index (χ0n) is 4.01. The lowest BCUT2D eigenvalue weighted by molar-refractivity contribution is 0.403. The monoisotopic (exact) mass is 242 g/mol. The summed E-state index contributed by atoms with van der Waals surface area (Å²) >= 11 is 6.50. The van der Waals surface area contributed by atoms with Gasteiger partial charge in [0, 0.05) is 5.82 Å². The largest absolute Gasteiger partial charge is 0.457 e. The van der Waals surface area contributed by atoms with Crippen molar-refractivity contribution in [2.75, 3.05) is 0 Å². The van der Waals surface area contributed by atoms with Crippen molar-refractivity contribution in [1.82, 2.24) is 0 Å². The van der Waals surface area contributed by atoms with E-state index in [1.165, 1.54) is 0 Å². The Bertz CT molecular complexity index is 105. The molecule has 1 fully saturated rings. The minimum absolute atomic E-state index is 0.0394. The van der Waals surface area contributed by atoms with Crippen LogP contribution in [-0.4, -0.2) is 20.4 Å². The van der Waals surface area contributed by atoms with Crippen molar-refractivity contribution in [3.63, 3.8) is 0 Å². The summed E-state index contributed by atoms with van der Waals surface area (Å²) in [5, 5.41) is 17.0. The predicted molar refractivity (Wildman–Crippen MR) is 39.1 cm³/mol. The van der Waals surface area contributed by atoms with Crippen LogP contribution in [0.4, 0.5) is 0 Å². The molecule has 0 aliphatic heterocycles. The quantitative estimate of drug-likeness (QED) is 0.526. The molecule has 5 heteroatoms. The van der Waals surface area contributed by atoms with Crippen LogP contribution in [-0.2, 0) is 0 Å². The molecule has 1 rings (SSSR count). The summed E-state index contributed by atoms with van der Waals surface area (Å²) < 4.78 is -0.186. The van der Waals surface area contributed by atoms with Crippen molar-refractivity contribution in [1.29, 1.82) is 0 Å². The van der Waals surface area contributed by atoms with Gasteiger partial charge in [0.25, 0.3) is 0 Å². The highest BCUT2D eigenvalue weighted by Gasteiger charge is 2.56. The molecule has 0 saturated heterocycles. The molecule has 0 aromatic rings. The zero-order chi connectivity index (χ0) is 6.36. The third kappa shape index (κ3) is 1.26. The van der Waals surface area contributed by atoms with E-state index in [-0.39, 0.29) is 9.05 Å². The SMILES string of the molecule is OB(O)C1CC1(Br)Br. The van der Waals surface area contributed by atoms with Gasteiger partial charge in [0.1, 0.15) is 0 Å². The van der Waals surface area contributed by atoms with Gasteiger partial charge in [-0.2, -0.15) is 0 Å². The molecule has 8 heavy (non-hydrogen) atoms. The third-order valence-corrected chi connectivity index (χ3v) is 3.06. The van der Waals surface area contributed by atoms with Gasteiger partial charge < -0.3 is 10.0 Å². The number of halogens is 2. The van der Waals surface area contributed by atoms with Crippen LogP contribution in [0.1, 0.15) is 6.42 Å². The first kappa shape index (κ1) is 7.06. The van der Waals surface area contributed by atoms with E-state index in [9.17, 15) is 0 Å². The molecule has 0 bridgehead atoms. The third-order valence-electron chi connectivity index (χ3n) is 1.23. The fourth-order valence-electron chi connectivity index (χ4n) is 0.558. The second-order valence-electron chi connectivity index (χ2n) is 1.99. The number of rotatable bonds is 1. The van der Waals surface area contributed by atoms with Crippen molar-refractivity contribution >= 4 is 39.0 Å². The molecule has 0 radical (unpaired) electrons. The maximum atomic E-state index is 8.52. The van der Waals surface area contributed by atoms with E-state index >= 15 is 0 Å². The lowest BCUT2D eigenvalue weighted by Gasteiger charge is -1.94. The smallest absolute Gasteiger partial charge is 0.427 e. The van der Waals surface area contributed by atoms with Gasteiger partial charge in [0.15, 0.2) is 0 Å². The summed E-state index contributed by atoms with van der Waals surface area (Å²) in [4.78, 5) is 0. The molecule has 46 valence electrons. The van der Waals surface area contributed by atoms with Gasteiger partial charge in [-0.25, -0.2) is 0 Å². The van der Waals surface area contributed by atoms with Crippen LogP contribution >= 0.6 is 31.9 Å². The highest BCUT2D eigenvalue weighted by atomic mass is 79.9. The molecular weight excluding hydrogens is 239 g/mol. The minimum Gasteiger partial charge on any atom is -0.427 e. The van der Waals surface area contributed by atoms with E-state index in [1.807, 2.05) is 0 Å². The van der Waals surface area contributed by atoms with Crippen LogP contribution in [0, 0.1) is 0 Å². The van der Waals surface area contributed by atoms with E-state index in [1.54, 1.807) is 0 Å². The molecule has 0 amide bonds. The molecule has 0 heterocycles. The fourth-order valence-corrected chi connectivity index (χ4v) is 1.73. The lowest BCUT2D eigenvalue weighted by Crippen LogP contribution is -2.13. The van der Waals surface area contributed by atoms with Crippen molar-refractivity contribution in [2.24, 2.45) is 0 Å². The Kier molecular flexibility index (Phi) is 1.74. The molecule has 1 unspecified atom stereocenters. The van der Waals surface area contributed by atoms with Gasteiger partial charge in [0.2, 0.25) is 0 Å². The molecular formula is C3H5BBr2O2. The standard InChI is InChI=1S/C3H5BBr2O2/c5-3(6)1-2(3)4(7)8/h2,7-8H,1H2. The van der Waals surface area contributed by atoms with Gasteiger partial charge in [-0.15, -0.1) is 0 Å². The minimum atomic E-state index is -1.19. The first-order chi connectivity index (χ1) is 3.54. The zero-order valence-corrected chi connectivity index (χ0v) is 7.18. The summed E-state index contributed by atoms with van der Waals surface area (Å²) in [5.74, 6) is -0.0394. The van der Waals surface area contributed by atoms with Crippen molar-refractivity contribution in [3.8, 4) is 0 Å². The maximum absolute atomic E-state index is 8.52. The lowest BCUT2D eigenvalue weighted by atomic mass is 9.84. The highest BCUT2D eigenvalue weighted by molar-refractivity contribution is 9.25. The molecule has 1 aliphatic carbocycles. The maximum Gasteiger partial charge on any atom is 0.457 e. The Balaban J connectivity index is 2.37. The summed E-state index contributed by atoms with van der Waals surface area (Å²) in [6, 6.07) is 0. The van der Waals surface area contributed by atoms with Crippen LogP contribution in [0.3, 0.4) is 0 Å². The van der Waals surface area contributed by atoms with E-state index in [0.29, 0.717) is 0 Å². The number of alkyl halides is 2. The topological polar surface area (TPSA) is 40.5 Å². The number of hydrogen-bond acceptors (Lipinski definition) is 2. The second kappa shape index (κ2) is 1.97. The molecule has 0 aromatic carbocycles. The molecule has 1 saturated carbocycles. The van der Waals surface area contributed by atoms with Gasteiger partial charge in [-0.3, -0.25) is 0 Å². The van der Waals surface area contributed by atoms with Crippen LogP contribution < -0.4 is 0 Å². The molecule has 2 nitrogen and oxygen atoms in total. The van der Waals surface area contributed by atoms with E-state index in [2.05, 4.69) is 31.9 Å². The Morgan fingerprint density at radius 2 is 1.88 bits per heavy atom. The average molecular weight is 244 g/mol. The summed E-state index contributed by atoms with van der Waals surface area (Å²) in [6.45, 7) is 0. The second-order valence-corrected chi connectivity index (χ2v) is 5.88. The van der Waals surface area contributed by atoms with Crippen LogP contribution in [0.5, 0.6) is 0 Å². The van der Waals surface area contributed by atoms with Crippen LogP contribution in [0.2, 0.25) is 5.82 Å². The van der Waals surface area contributed by atoms with Gasteiger partial charge in [0.05, 0.1) is 3.23 Å². The summed E-state index contributed by atoms with van der Waals surface area (Å²) in [5.41, 5.74) is 0. The Morgan fingerprint density at radius 1 is 1.50 bits per heavy atom. The predicted octanol–water partition coefficient (Wildman–Crippen LogP) is 0.719. The van der Waals surface area contributed by atoms with E-state index in [4.69, 9.17) is 10.0 Å². The molecule has 2 N–H and O–H groups in total. The molecule has 0 aromatic heterocycles. The van der Waals surface area contributed by atoms with Crippen molar-refractivity contribution in [2.45, 2.75) is 15.5 Å². The number of hydrogen-bond donors (Lipinski definition) is 2. The highest BCUT2D eigenvalue weighted by Crippen LogP contribution is 2.61. The Hall–Kier alpha value is 0.945. The fraction of sp³-hybridized carbons (Fsp3) is 1.00. The Morgan fingerprint density at radius 3 is 1.88 bits per heavy atom. The van der Waals surface area contributed by atoms with Gasteiger partial charge in [-0.1, -0.05) is 31.9 Å². The van der Waals surface area contributed by atoms with Crippen LogP contribution in [0.15, 0.2) is 0 Å². The first-order valence-electron chi connectivity index (χ1n) is 2.28. The Labute approximate surface area is 64.7 Å². The van der Waals surface area contributed by atoms with E-state index in [0.717, 1.165) is 6.42 Å². The van der Waals surface area contributed by atoms with E-state index < -0.39 is 7.12 Å². The van der Waals surface area contributed by atoms with Crippen molar-refractivity contribution < 1.29 is 10.0 Å². The molecule has 1 aliphatic rings. The van der Waals surface area contributed by atoms with Gasteiger partial charge >= 0.3 is 7.12 Å².